The molecule has 0 aromatic heterocycles. The Hall–Kier alpha value is -7.76. The average Bonchev–Trinajstić information content (AvgIpc) is 3.01. The molecule has 23 nitrogen and oxygen atoms in total. The summed E-state index contributed by atoms with van der Waals surface area (Å²) in [6.07, 6.45) is -14.7. The number of rotatable bonds is 18. The first-order valence-electron chi connectivity index (χ1n) is 26.4. The topological polar surface area (TPSA) is 269 Å². The number of carbonyl (C=O) groups is 8. The van der Waals surface area contributed by atoms with E-state index in [1.54, 1.807) is 24.3 Å². The van der Waals surface area contributed by atoms with Crippen molar-refractivity contribution in [3.63, 3.8) is 0 Å². The van der Waals surface area contributed by atoms with E-state index in [9.17, 15) is 38.4 Å². The van der Waals surface area contributed by atoms with Crippen LogP contribution >= 0.6 is 0 Å². The number of hydrogen-bond donors (Lipinski definition) is 0. The molecule has 3 aromatic carbocycles. The van der Waals surface area contributed by atoms with Gasteiger partial charge in [-0.1, -0.05) is 30.7 Å². The van der Waals surface area contributed by atoms with Crippen molar-refractivity contribution in [2.75, 3.05) is 40.5 Å². The van der Waals surface area contributed by atoms with Gasteiger partial charge in [0.25, 0.3) is 0 Å². The van der Waals surface area contributed by atoms with Crippen LogP contribution in [-0.4, -0.2) is 155 Å². The zero-order valence-electron chi connectivity index (χ0n) is 47.1. The lowest BCUT2D eigenvalue weighted by Gasteiger charge is -2.43. The molecular weight excluding hydrogens is 1030 g/mol. The van der Waals surface area contributed by atoms with Crippen LogP contribution in [0.2, 0.25) is 0 Å². The number of carbonyl (C=O) groups excluding carboxylic acids is 8. The zero-order chi connectivity index (χ0) is 58.9. The Bertz CT molecular complexity index is 2830. The minimum atomic E-state index is -2.87. The SMILES string of the molecule is [2H]C([2H])([2H])C1=C(c2ccc(O[C@@H]3O[C@H](C(=O)OC)[C@@H](OC(C)=O)[C@H](OC(C)=O)[C@H]3OC(C)=O)cc2)[C@H](c2ccc(OCCN3CCCCC3)cc2)Oc2cc(O[C@@H]3O[C@H](C(=O)OC)[C@@H](OC(C)=O)[C@H](OC(C)=O)[C@H]3OC(C)=O)ccc21. The van der Waals surface area contributed by atoms with Gasteiger partial charge >= 0.3 is 47.8 Å². The Balaban J connectivity index is 1.29. The van der Waals surface area contributed by atoms with E-state index in [1.165, 1.54) is 48.9 Å². The second kappa shape index (κ2) is 26.1. The molecule has 4 aliphatic heterocycles. The third-order valence-corrected chi connectivity index (χ3v) is 12.6. The largest absolute Gasteiger partial charge is 0.492 e. The van der Waals surface area contributed by atoms with Gasteiger partial charge in [-0.25, -0.2) is 9.59 Å². The molecule has 4 heterocycles. The van der Waals surface area contributed by atoms with Gasteiger partial charge in [0.2, 0.25) is 24.8 Å². The quantitative estimate of drug-likeness (QED) is 0.123. The van der Waals surface area contributed by atoms with Crippen LogP contribution in [0, 0.1) is 0 Å². The molecule has 0 aliphatic carbocycles. The fourth-order valence-electron chi connectivity index (χ4n) is 9.42. The smallest absolute Gasteiger partial charge is 0.339 e. The zero-order valence-corrected chi connectivity index (χ0v) is 44.1. The van der Waals surface area contributed by atoms with Crippen LogP contribution in [0.4, 0.5) is 0 Å². The molecule has 23 heteroatoms. The van der Waals surface area contributed by atoms with Gasteiger partial charge in [-0.3, -0.25) is 33.7 Å². The molecule has 4 aliphatic rings. The molecule has 420 valence electrons. The summed E-state index contributed by atoms with van der Waals surface area (Å²) in [5.41, 5.74) is 0.859. The van der Waals surface area contributed by atoms with Gasteiger partial charge in [0.1, 0.15) is 35.7 Å². The van der Waals surface area contributed by atoms with Gasteiger partial charge in [0, 0.05) is 69.4 Å². The van der Waals surface area contributed by atoms with Gasteiger partial charge in [0.15, 0.2) is 36.6 Å². The van der Waals surface area contributed by atoms with E-state index in [1.807, 2.05) is 0 Å². The number of allylic oxidation sites excluding steroid dienone is 1. The van der Waals surface area contributed by atoms with E-state index >= 15 is 0 Å². The first-order valence-corrected chi connectivity index (χ1v) is 24.9. The van der Waals surface area contributed by atoms with Crippen LogP contribution in [0.3, 0.4) is 0 Å². The summed E-state index contributed by atoms with van der Waals surface area (Å²) in [6.45, 7) is 6.52. The highest BCUT2D eigenvalue weighted by atomic mass is 16.8. The third-order valence-electron chi connectivity index (χ3n) is 12.6. The maximum Gasteiger partial charge on any atom is 0.339 e. The molecule has 3 saturated heterocycles. The molecule has 3 aromatic rings. The van der Waals surface area contributed by atoms with Crippen molar-refractivity contribution in [3.05, 3.63) is 83.4 Å². The van der Waals surface area contributed by atoms with E-state index in [-0.39, 0.29) is 34.0 Å². The summed E-state index contributed by atoms with van der Waals surface area (Å²) >= 11 is 0. The second-order valence-corrected chi connectivity index (χ2v) is 18.4. The normalized spacial score (nSPS) is 26.5. The molecule has 0 N–H and O–H groups in total. The number of piperidine rings is 1. The maximum absolute atomic E-state index is 13.2. The van der Waals surface area contributed by atoms with E-state index < -0.39 is 122 Å². The van der Waals surface area contributed by atoms with Crippen LogP contribution in [0.25, 0.3) is 11.1 Å². The summed E-state index contributed by atoms with van der Waals surface area (Å²) in [5, 5.41) is 0. The van der Waals surface area contributed by atoms with Gasteiger partial charge in [-0.05, 0) is 85.9 Å². The summed E-state index contributed by atoms with van der Waals surface area (Å²) in [4.78, 5) is 103. The summed E-state index contributed by atoms with van der Waals surface area (Å²) in [7, 11) is 2.08. The van der Waals surface area contributed by atoms with Crippen molar-refractivity contribution in [1.29, 1.82) is 0 Å². The van der Waals surface area contributed by atoms with Crippen molar-refractivity contribution in [3.8, 4) is 23.0 Å². The molecule has 0 radical (unpaired) electrons. The van der Waals surface area contributed by atoms with Crippen LogP contribution in [0.5, 0.6) is 23.0 Å². The third kappa shape index (κ3) is 14.2. The number of likely N-dealkylation sites (tertiary alicyclic amines) is 1. The minimum Gasteiger partial charge on any atom is -0.492 e. The number of hydrogen-bond acceptors (Lipinski definition) is 23. The van der Waals surface area contributed by atoms with Crippen LogP contribution in [-0.2, 0) is 85.7 Å². The molecule has 3 fully saturated rings. The minimum absolute atomic E-state index is 0.0103. The second-order valence-electron chi connectivity index (χ2n) is 18.4. The maximum atomic E-state index is 13.2. The summed E-state index contributed by atoms with van der Waals surface area (Å²) in [6, 6.07) is 16.9. The van der Waals surface area contributed by atoms with Crippen LogP contribution < -0.4 is 18.9 Å². The lowest BCUT2D eigenvalue weighted by molar-refractivity contribution is -0.282. The van der Waals surface area contributed by atoms with Gasteiger partial charge in [-0.2, -0.15) is 0 Å². The number of ether oxygens (including phenoxy) is 14. The molecular formula is C55H63NO22. The number of benzene rings is 3. The van der Waals surface area contributed by atoms with Crippen molar-refractivity contribution in [2.24, 2.45) is 0 Å². The Labute approximate surface area is 453 Å². The standard InChI is InChI=1S/C55H63NO22/c1-28-40-22-21-39(75-55-51(73-34(7)62)47(71-32(5)60)45(69-30(3)58)49(78-55)53(64)66-9)27-41(40)76-43(36-15-17-37(18-16-36)67-26-25-56-23-11-10-12-24-56)42(28)35-13-19-38(20-14-35)74-54-50(72-33(6)61)46(70-31(4)59)44(68-29(2)57)48(77-54)52(63)65-8/h13-22,27,43-51,54-55H,10-12,23-26H2,1-9H3/t43-,44-,45-,46-,47-,48-,49-,50+,51+,54+,55+/m0/s1/i1D3. The monoisotopic (exact) mass is 1090 g/mol. The molecule has 0 unspecified atom stereocenters. The molecule has 7 rings (SSSR count). The van der Waals surface area contributed by atoms with Gasteiger partial charge in [0.05, 0.1) is 14.2 Å². The van der Waals surface area contributed by atoms with E-state index in [0.717, 1.165) is 88.2 Å². The lowest BCUT2D eigenvalue weighted by Crippen LogP contribution is -2.64. The fourth-order valence-corrected chi connectivity index (χ4v) is 9.42. The van der Waals surface area contributed by atoms with E-state index in [0.29, 0.717) is 23.5 Å². The molecule has 0 saturated carbocycles. The number of methoxy groups -OCH3 is 2. The van der Waals surface area contributed by atoms with Gasteiger partial charge in [-0.15, -0.1) is 0 Å². The highest BCUT2D eigenvalue weighted by Gasteiger charge is 2.57. The predicted molar refractivity (Wildman–Crippen MR) is 267 cm³/mol. The molecule has 0 bridgehead atoms. The lowest BCUT2D eigenvalue weighted by atomic mass is 9.86. The summed E-state index contributed by atoms with van der Waals surface area (Å²) < 4.78 is 107. The number of nitrogens with zero attached hydrogens (tertiary/aromatic N) is 1. The van der Waals surface area contributed by atoms with Crippen molar-refractivity contribution < 1.29 is 109 Å². The molecule has 78 heavy (non-hydrogen) atoms. The first kappa shape index (κ1) is 53.6. The number of fused-ring (bicyclic) bond motifs is 1. The highest BCUT2D eigenvalue weighted by Crippen LogP contribution is 2.48. The highest BCUT2D eigenvalue weighted by molar-refractivity contribution is 5.95. The van der Waals surface area contributed by atoms with Crippen molar-refractivity contribution in [1.82, 2.24) is 4.90 Å². The van der Waals surface area contributed by atoms with Gasteiger partial charge < -0.3 is 66.3 Å². The Kier molecular flexibility index (Phi) is 17.9. The van der Waals surface area contributed by atoms with Crippen molar-refractivity contribution >= 4 is 58.9 Å². The Morgan fingerprint density at radius 1 is 0.551 bits per heavy atom. The Morgan fingerprint density at radius 2 is 1.00 bits per heavy atom. The molecule has 0 amide bonds. The summed E-state index contributed by atoms with van der Waals surface area (Å²) in [5.74, 6) is -7.04. The molecule has 11 atom stereocenters. The fraction of sp³-hybridized carbons (Fsp3) is 0.491. The van der Waals surface area contributed by atoms with E-state index in [4.69, 9.17) is 70.4 Å². The van der Waals surface area contributed by atoms with Crippen LogP contribution in [0.1, 0.15) is 94.6 Å². The first-order chi connectivity index (χ1) is 38.4. The Morgan fingerprint density at radius 3 is 1.47 bits per heavy atom. The predicted octanol–water partition coefficient (Wildman–Crippen LogP) is 4.76. The van der Waals surface area contributed by atoms with E-state index in [2.05, 4.69) is 4.90 Å². The molecule has 0 spiro atoms. The number of esters is 8. The van der Waals surface area contributed by atoms with Crippen molar-refractivity contribution in [2.45, 2.75) is 135 Å². The average molecular weight is 1090 g/mol. The van der Waals surface area contributed by atoms with Crippen LogP contribution in [0.15, 0.2) is 66.7 Å².